The fraction of sp³-hybridized carbons (Fsp3) is 0.692. The zero-order valence-corrected chi connectivity index (χ0v) is 12.1. The standard InChI is InChI=1S/C13H24N2OS/c1-11(2)13(9-14,10-16-4)15(3)8-12-6-5-7-17-12/h5-7,11H,8-10,14H2,1-4H3. The molecular formula is C13H24N2OS. The molecule has 4 heteroatoms. The van der Waals surface area contributed by atoms with E-state index in [2.05, 4.69) is 43.3 Å². The van der Waals surface area contributed by atoms with Gasteiger partial charge in [0.15, 0.2) is 0 Å². The molecule has 1 aromatic rings. The van der Waals surface area contributed by atoms with Crippen molar-refractivity contribution in [3.8, 4) is 0 Å². The Morgan fingerprint density at radius 2 is 2.24 bits per heavy atom. The summed E-state index contributed by atoms with van der Waals surface area (Å²) >= 11 is 1.78. The molecule has 0 aliphatic carbocycles. The van der Waals surface area contributed by atoms with E-state index in [-0.39, 0.29) is 5.54 Å². The van der Waals surface area contributed by atoms with Crippen molar-refractivity contribution < 1.29 is 4.74 Å². The van der Waals surface area contributed by atoms with Gasteiger partial charge < -0.3 is 10.5 Å². The Hall–Kier alpha value is -0.420. The molecule has 0 saturated carbocycles. The molecule has 0 radical (unpaired) electrons. The smallest absolute Gasteiger partial charge is 0.0661 e. The molecule has 1 aromatic heterocycles. The lowest BCUT2D eigenvalue weighted by Gasteiger charge is -2.44. The molecular weight excluding hydrogens is 232 g/mol. The summed E-state index contributed by atoms with van der Waals surface area (Å²) in [4.78, 5) is 3.69. The van der Waals surface area contributed by atoms with Gasteiger partial charge in [-0.25, -0.2) is 0 Å². The minimum absolute atomic E-state index is 0.0846. The lowest BCUT2D eigenvalue weighted by atomic mass is 9.85. The molecule has 0 saturated heterocycles. The van der Waals surface area contributed by atoms with Crippen LogP contribution >= 0.6 is 11.3 Å². The summed E-state index contributed by atoms with van der Waals surface area (Å²) in [5.41, 5.74) is 5.92. The van der Waals surface area contributed by atoms with E-state index < -0.39 is 0 Å². The first-order valence-electron chi connectivity index (χ1n) is 5.99. The third-order valence-electron chi connectivity index (χ3n) is 3.56. The van der Waals surface area contributed by atoms with Gasteiger partial charge in [0.2, 0.25) is 0 Å². The van der Waals surface area contributed by atoms with Gasteiger partial charge >= 0.3 is 0 Å². The number of nitrogens with two attached hydrogens (primary N) is 1. The molecule has 0 amide bonds. The molecule has 0 aliphatic rings. The number of hydrogen-bond acceptors (Lipinski definition) is 4. The summed E-state index contributed by atoms with van der Waals surface area (Å²) in [6.07, 6.45) is 0. The van der Waals surface area contributed by atoms with Crippen molar-refractivity contribution in [2.75, 3.05) is 27.3 Å². The van der Waals surface area contributed by atoms with Crippen molar-refractivity contribution in [3.63, 3.8) is 0 Å². The van der Waals surface area contributed by atoms with E-state index in [9.17, 15) is 0 Å². The molecule has 0 fully saturated rings. The lowest BCUT2D eigenvalue weighted by Crippen LogP contribution is -2.58. The second-order valence-corrected chi connectivity index (χ2v) is 5.86. The van der Waals surface area contributed by atoms with Gasteiger partial charge in [0.25, 0.3) is 0 Å². The number of rotatable bonds is 7. The number of methoxy groups -OCH3 is 1. The molecule has 0 aliphatic heterocycles. The molecule has 2 N–H and O–H groups in total. The number of nitrogens with zero attached hydrogens (tertiary/aromatic N) is 1. The van der Waals surface area contributed by atoms with Crippen LogP contribution in [0.15, 0.2) is 17.5 Å². The van der Waals surface area contributed by atoms with Crippen molar-refractivity contribution in [2.24, 2.45) is 11.7 Å². The van der Waals surface area contributed by atoms with E-state index in [0.717, 1.165) is 6.54 Å². The van der Waals surface area contributed by atoms with E-state index in [1.807, 2.05) is 0 Å². The summed E-state index contributed by atoms with van der Waals surface area (Å²) in [6.45, 7) is 6.62. The number of ether oxygens (including phenoxy) is 1. The summed E-state index contributed by atoms with van der Waals surface area (Å²) in [7, 11) is 3.87. The molecule has 17 heavy (non-hydrogen) atoms. The first-order valence-corrected chi connectivity index (χ1v) is 6.87. The third kappa shape index (κ3) is 3.28. The van der Waals surface area contributed by atoms with Crippen molar-refractivity contribution in [1.82, 2.24) is 4.90 Å². The molecule has 0 bridgehead atoms. The van der Waals surface area contributed by atoms with Crippen LogP contribution in [0.25, 0.3) is 0 Å². The molecule has 0 aromatic carbocycles. The topological polar surface area (TPSA) is 38.5 Å². The van der Waals surface area contributed by atoms with Crippen molar-refractivity contribution in [3.05, 3.63) is 22.4 Å². The minimum Gasteiger partial charge on any atom is -0.383 e. The Bertz CT molecular complexity index is 313. The summed E-state index contributed by atoms with van der Waals surface area (Å²) in [5.74, 6) is 0.456. The van der Waals surface area contributed by atoms with Gasteiger partial charge in [0, 0.05) is 25.1 Å². The van der Waals surface area contributed by atoms with E-state index >= 15 is 0 Å². The average Bonchev–Trinajstić information content (AvgIpc) is 2.78. The summed E-state index contributed by atoms with van der Waals surface area (Å²) < 4.78 is 5.38. The number of thiophene rings is 1. The molecule has 1 rings (SSSR count). The SMILES string of the molecule is COCC(CN)(C(C)C)N(C)Cc1cccs1. The van der Waals surface area contributed by atoms with E-state index in [4.69, 9.17) is 10.5 Å². The first kappa shape index (κ1) is 14.6. The Labute approximate surface area is 109 Å². The Kier molecular flexibility index (Phi) is 5.59. The summed E-state index contributed by atoms with van der Waals surface area (Å²) in [6, 6.07) is 4.25. The molecule has 1 atom stereocenters. The van der Waals surface area contributed by atoms with E-state index in [1.54, 1.807) is 18.4 Å². The predicted octanol–water partition coefficient (Wildman–Crippen LogP) is 2.18. The van der Waals surface area contributed by atoms with Crippen molar-refractivity contribution >= 4 is 11.3 Å². The van der Waals surface area contributed by atoms with E-state index in [0.29, 0.717) is 19.1 Å². The maximum atomic E-state index is 6.01. The van der Waals surface area contributed by atoms with E-state index in [1.165, 1.54) is 4.88 Å². The quantitative estimate of drug-likeness (QED) is 0.812. The average molecular weight is 256 g/mol. The highest BCUT2D eigenvalue weighted by Crippen LogP contribution is 2.26. The zero-order valence-electron chi connectivity index (χ0n) is 11.3. The Morgan fingerprint density at radius 1 is 1.53 bits per heavy atom. The largest absolute Gasteiger partial charge is 0.383 e. The van der Waals surface area contributed by atoms with Crippen LogP contribution in [0.2, 0.25) is 0 Å². The van der Waals surface area contributed by atoms with Crippen LogP contribution in [0.3, 0.4) is 0 Å². The van der Waals surface area contributed by atoms with Crippen LogP contribution in [0.1, 0.15) is 18.7 Å². The third-order valence-corrected chi connectivity index (χ3v) is 4.42. The summed E-state index contributed by atoms with van der Waals surface area (Å²) in [5, 5.41) is 2.11. The van der Waals surface area contributed by atoms with Gasteiger partial charge in [-0.3, -0.25) is 4.90 Å². The molecule has 3 nitrogen and oxygen atoms in total. The normalized spacial score (nSPS) is 15.5. The maximum absolute atomic E-state index is 6.01. The molecule has 1 unspecified atom stereocenters. The van der Waals surface area contributed by atoms with Gasteiger partial charge in [-0.1, -0.05) is 19.9 Å². The van der Waals surface area contributed by atoms with Crippen molar-refractivity contribution in [1.29, 1.82) is 0 Å². The highest BCUT2D eigenvalue weighted by Gasteiger charge is 2.36. The van der Waals surface area contributed by atoms with Crippen LogP contribution < -0.4 is 5.73 Å². The fourth-order valence-corrected chi connectivity index (χ4v) is 2.97. The highest BCUT2D eigenvalue weighted by molar-refractivity contribution is 7.09. The van der Waals surface area contributed by atoms with Crippen LogP contribution in [-0.4, -0.2) is 37.7 Å². The molecule has 98 valence electrons. The second kappa shape index (κ2) is 6.50. The lowest BCUT2D eigenvalue weighted by molar-refractivity contribution is -0.00505. The number of hydrogen-bond donors (Lipinski definition) is 1. The van der Waals surface area contributed by atoms with Gasteiger partial charge in [0.1, 0.15) is 0 Å². The van der Waals surface area contributed by atoms with Crippen LogP contribution in [-0.2, 0) is 11.3 Å². The Balaban J connectivity index is 2.81. The second-order valence-electron chi connectivity index (χ2n) is 4.83. The maximum Gasteiger partial charge on any atom is 0.0661 e. The zero-order chi connectivity index (χ0) is 12.9. The minimum atomic E-state index is -0.0846. The fourth-order valence-electron chi connectivity index (χ4n) is 2.21. The number of likely N-dealkylation sites (N-methyl/N-ethyl adjacent to an activating group) is 1. The van der Waals surface area contributed by atoms with Gasteiger partial charge in [0.05, 0.1) is 12.1 Å². The molecule has 0 spiro atoms. The van der Waals surface area contributed by atoms with Crippen LogP contribution in [0.4, 0.5) is 0 Å². The molecule has 1 heterocycles. The first-order chi connectivity index (χ1) is 8.06. The monoisotopic (exact) mass is 256 g/mol. The van der Waals surface area contributed by atoms with Gasteiger partial charge in [-0.15, -0.1) is 11.3 Å². The van der Waals surface area contributed by atoms with Gasteiger partial charge in [-0.05, 0) is 24.4 Å². The van der Waals surface area contributed by atoms with Crippen LogP contribution in [0, 0.1) is 5.92 Å². The van der Waals surface area contributed by atoms with Crippen molar-refractivity contribution in [2.45, 2.75) is 25.9 Å². The Morgan fingerprint density at radius 3 is 2.65 bits per heavy atom. The van der Waals surface area contributed by atoms with Crippen LogP contribution in [0.5, 0.6) is 0 Å². The highest BCUT2D eigenvalue weighted by atomic mass is 32.1. The predicted molar refractivity (Wildman–Crippen MR) is 74.3 cm³/mol. The van der Waals surface area contributed by atoms with Gasteiger partial charge in [-0.2, -0.15) is 0 Å².